The molecule has 2 aromatic carbocycles. The molecule has 0 bridgehead atoms. The Morgan fingerprint density at radius 3 is 2.15 bits per heavy atom. The second-order valence-electron chi connectivity index (χ2n) is 6.41. The Morgan fingerprint density at radius 1 is 1.00 bits per heavy atom. The number of carbonyl (C=O) groups is 1. The number of ether oxygens (including phenoxy) is 1. The topological polar surface area (TPSA) is 58.6 Å². The van der Waals surface area contributed by atoms with Crippen molar-refractivity contribution >= 4 is 5.91 Å². The van der Waals surface area contributed by atoms with Crippen LogP contribution in [0.15, 0.2) is 48.5 Å². The van der Waals surface area contributed by atoms with Gasteiger partial charge in [-0.25, -0.2) is 0 Å². The van der Waals surface area contributed by atoms with Crippen molar-refractivity contribution in [2.75, 3.05) is 0 Å². The lowest BCUT2D eigenvalue weighted by molar-refractivity contribution is -0.0498. The molecule has 0 saturated heterocycles. The third-order valence-corrected chi connectivity index (χ3v) is 4.61. The maximum Gasteiger partial charge on any atom is 0.387 e. The fraction of sp³-hybridized carbons (Fsp3) is 0.350. The van der Waals surface area contributed by atoms with Gasteiger partial charge in [0, 0.05) is 5.56 Å². The molecule has 1 aliphatic rings. The van der Waals surface area contributed by atoms with Crippen LogP contribution in [0.4, 0.5) is 8.78 Å². The van der Waals surface area contributed by atoms with Crippen LogP contribution in [0.1, 0.15) is 36.0 Å². The van der Waals surface area contributed by atoms with Crippen molar-refractivity contribution in [2.24, 2.45) is 0 Å². The summed E-state index contributed by atoms with van der Waals surface area (Å²) < 4.78 is 28.7. The summed E-state index contributed by atoms with van der Waals surface area (Å²) in [5.41, 5.74) is 2.22. The van der Waals surface area contributed by atoms with Gasteiger partial charge >= 0.3 is 6.61 Å². The number of benzene rings is 2. The maximum atomic E-state index is 12.3. The van der Waals surface area contributed by atoms with E-state index in [4.69, 9.17) is 0 Å². The first kappa shape index (κ1) is 18.3. The number of aliphatic hydroxyl groups is 1. The van der Waals surface area contributed by atoms with Crippen LogP contribution in [-0.4, -0.2) is 29.8 Å². The second kappa shape index (κ2) is 8.27. The summed E-state index contributed by atoms with van der Waals surface area (Å²) in [4.78, 5) is 12.3. The van der Waals surface area contributed by atoms with E-state index in [-0.39, 0.29) is 17.7 Å². The van der Waals surface area contributed by atoms with Gasteiger partial charge < -0.3 is 15.2 Å². The minimum absolute atomic E-state index is 0.103. The van der Waals surface area contributed by atoms with Gasteiger partial charge in [0.15, 0.2) is 0 Å². The molecule has 1 saturated carbocycles. The number of alkyl halides is 2. The molecule has 6 heteroatoms. The quantitative estimate of drug-likeness (QED) is 0.847. The molecule has 1 aliphatic carbocycles. The minimum Gasteiger partial charge on any atom is -0.435 e. The Hall–Kier alpha value is -2.47. The highest BCUT2D eigenvalue weighted by Gasteiger charge is 2.24. The van der Waals surface area contributed by atoms with E-state index >= 15 is 0 Å². The Bertz CT molecular complexity index is 732. The Morgan fingerprint density at radius 2 is 1.58 bits per heavy atom. The fourth-order valence-corrected chi connectivity index (χ4v) is 3.17. The number of rotatable bonds is 5. The summed E-state index contributed by atoms with van der Waals surface area (Å²) in [6.07, 6.45) is 3.02. The molecular formula is C20H21F2NO3. The first-order chi connectivity index (χ1) is 12.5. The minimum atomic E-state index is -2.85. The van der Waals surface area contributed by atoms with E-state index < -0.39 is 12.7 Å². The van der Waals surface area contributed by atoms with Gasteiger partial charge in [0.05, 0.1) is 12.1 Å². The van der Waals surface area contributed by atoms with Gasteiger partial charge in [0.1, 0.15) is 5.75 Å². The number of carbonyl (C=O) groups excluding carboxylic acids is 1. The number of aliphatic hydroxyl groups excluding tert-OH is 1. The summed E-state index contributed by atoms with van der Waals surface area (Å²) in [5.74, 6) is -0.103. The van der Waals surface area contributed by atoms with Crippen LogP contribution >= 0.6 is 0 Å². The molecule has 26 heavy (non-hydrogen) atoms. The molecule has 2 N–H and O–H groups in total. The van der Waals surface area contributed by atoms with Crippen LogP contribution in [0.2, 0.25) is 0 Å². The van der Waals surface area contributed by atoms with Gasteiger partial charge in [0.25, 0.3) is 5.91 Å². The van der Waals surface area contributed by atoms with E-state index in [1.165, 1.54) is 12.1 Å². The van der Waals surface area contributed by atoms with E-state index in [0.29, 0.717) is 5.56 Å². The van der Waals surface area contributed by atoms with Crippen molar-refractivity contribution in [1.82, 2.24) is 5.32 Å². The van der Waals surface area contributed by atoms with Crippen molar-refractivity contribution in [3.05, 3.63) is 54.1 Å². The molecule has 2 atom stereocenters. The van der Waals surface area contributed by atoms with Crippen LogP contribution in [0.5, 0.6) is 5.75 Å². The predicted molar refractivity (Wildman–Crippen MR) is 94.2 cm³/mol. The number of hydrogen-bond donors (Lipinski definition) is 2. The van der Waals surface area contributed by atoms with Gasteiger partial charge in [-0.2, -0.15) is 8.78 Å². The summed E-state index contributed by atoms with van der Waals surface area (Å²) in [7, 11) is 0. The Balaban J connectivity index is 1.65. The van der Waals surface area contributed by atoms with E-state index in [9.17, 15) is 18.7 Å². The second-order valence-corrected chi connectivity index (χ2v) is 6.41. The molecule has 0 heterocycles. The van der Waals surface area contributed by atoms with Gasteiger partial charge in [-0.15, -0.1) is 0 Å². The lowest BCUT2D eigenvalue weighted by Gasteiger charge is -2.28. The van der Waals surface area contributed by atoms with Crippen molar-refractivity contribution in [3.63, 3.8) is 0 Å². The van der Waals surface area contributed by atoms with Gasteiger partial charge in [-0.05, 0) is 48.2 Å². The van der Waals surface area contributed by atoms with Crippen LogP contribution in [0.25, 0.3) is 11.1 Å². The molecule has 2 unspecified atom stereocenters. The van der Waals surface area contributed by atoms with Crippen molar-refractivity contribution in [2.45, 2.75) is 44.4 Å². The first-order valence-electron chi connectivity index (χ1n) is 8.67. The largest absolute Gasteiger partial charge is 0.435 e. The highest BCUT2D eigenvalue weighted by molar-refractivity contribution is 5.94. The molecule has 0 aromatic heterocycles. The summed E-state index contributed by atoms with van der Waals surface area (Å²) in [6, 6.07) is 13.2. The average molecular weight is 361 g/mol. The van der Waals surface area contributed by atoms with E-state index in [0.717, 1.165) is 36.8 Å². The molecule has 3 rings (SSSR count). The summed E-state index contributed by atoms with van der Waals surface area (Å²) in [6.45, 7) is -2.85. The molecule has 138 valence electrons. The zero-order chi connectivity index (χ0) is 18.5. The van der Waals surface area contributed by atoms with Crippen molar-refractivity contribution < 1.29 is 23.4 Å². The highest BCUT2D eigenvalue weighted by atomic mass is 19.3. The number of halogens is 2. The third kappa shape index (κ3) is 4.58. The summed E-state index contributed by atoms with van der Waals surface area (Å²) >= 11 is 0. The summed E-state index contributed by atoms with van der Waals surface area (Å²) in [5, 5.41) is 12.9. The van der Waals surface area contributed by atoms with E-state index in [2.05, 4.69) is 10.1 Å². The fourth-order valence-electron chi connectivity index (χ4n) is 3.17. The molecule has 0 aliphatic heterocycles. The van der Waals surface area contributed by atoms with Gasteiger partial charge in [-0.3, -0.25) is 4.79 Å². The lowest BCUT2D eigenvalue weighted by Crippen LogP contribution is -2.45. The van der Waals surface area contributed by atoms with Gasteiger partial charge in [-0.1, -0.05) is 37.1 Å². The SMILES string of the molecule is O=C(NC1CCCCC1O)c1ccc(-c2ccc(OC(F)F)cc2)cc1. The molecule has 1 fully saturated rings. The van der Waals surface area contributed by atoms with Gasteiger partial charge in [0.2, 0.25) is 0 Å². The Kier molecular flexibility index (Phi) is 5.83. The smallest absolute Gasteiger partial charge is 0.387 e. The molecule has 2 aromatic rings. The number of hydrogen-bond acceptors (Lipinski definition) is 3. The van der Waals surface area contributed by atoms with E-state index in [1.807, 2.05) is 0 Å². The van der Waals surface area contributed by atoms with Crippen LogP contribution in [0.3, 0.4) is 0 Å². The average Bonchev–Trinajstić information content (AvgIpc) is 2.64. The third-order valence-electron chi connectivity index (χ3n) is 4.61. The molecule has 1 amide bonds. The van der Waals surface area contributed by atoms with Crippen LogP contribution in [-0.2, 0) is 0 Å². The molecule has 0 spiro atoms. The van der Waals surface area contributed by atoms with E-state index in [1.54, 1.807) is 36.4 Å². The molecule has 4 nitrogen and oxygen atoms in total. The Labute approximate surface area is 150 Å². The standard InChI is InChI=1S/C20H21F2NO3/c21-20(22)26-16-11-9-14(10-12-16)13-5-7-15(8-6-13)19(25)23-17-3-1-2-4-18(17)24/h5-12,17-18,20,24H,1-4H2,(H,23,25). The first-order valence-corrected chi connectivity index (χ1v) is 8.67. The van der Waals surface area contributed by atoms with Crippen molar-refractivity contribution in [3.8, 4) is 16.9 Å². The number of nitrogens with one attached hydrogen (secondary N) is 1. The zero-order valence-electron chi connectivity index (χ0n) is 14.2. The maximum absolute atomic E-state index is 12.3. The molecule has 0 radical (unpaired) electrons. The number of amides is 1. The molecular weight excluding hydrogens is 340 g/mol. The monoisotopic (exact) mass is 361 g/mol. The zero-order valence-corrected chi connectivity index (χ0v) is 14.2. The normalized spacial score (nSPS) is 20.0. The lowest BCUT2D eigenvalue weighted by atomic mass is 9.92. The predicted octanol–water partition coefficient (Wildman–Crippen LogP) is 3.99. The van der Waals surface area contributed by atoms with Crippen LogP contribution in [0, 0.1) is 0 Å². The van der Waals surface area contributed by atoms with Crippen molar-refractivity contribution in [1.29, 1.82) is 0 Å². The highest BCUT2D eigenvalue weighted by Crippen LogP contribution is 2.24. The van der Waals surface area contributed by atoms with Crippen LogP contribution < -0.4 is 10.1 Å².